The number of hydrogen-bond acceptors (Lipinski definition) is 7. The lowest BCUT2D eigenvalue weighted by Gasteiger charge is -2.07. The highest BCUT2D eigenvalue weighted by atomic mass is 32.1. The van der Waals surface area contributed by atoms with E-state index < -0.39 is 17.8 Å². The molecule has 0 saturated carbocycles. The third kappa shape index (κ3) is 3.93. The number of anilines is 1. The molecular weight excluding hydrogens is 358 g/mol. The molecule has 2 aromatic rings. The first kappa shape index (κ1) is 19.6. The van der Waals surface area contributed by atoms with Gasteiger partial charge in [-0.1, -0.05) is 0 Å². The van der Waals surface area contributed by atoms with Gasteiger partial charge in [-0.2, -0.15) is 5.10 Å². The lowest BCUT2D eigenvalue weighted by molar-refractivity contribution is 0.0527. The first-order valence-electron chi connectivity index (χ1n) is 8.09. The lowest BCUT2D eigenvalue weighted by atomic mass is 10.1. The molecule has 1 N–H and O–H groups in total. The highest BCUT2D eigenvalue weighted by molar-refractivity contribution is 7.18. The van der Waals surface area contributed by atoms with Crippen molar-refractivity contribution in [3.63, 3.8) is 0 Å². The number of nitrogens with zero attached hydrogens (tertiary/aromatic N) is 2. The maximum atomic E-state index is 12.6. The molecule has 0 aromatic carbocycles. The van der Waals surface area contributed by atoms with Crippen molar-refractivity contribution in [3.05, 3.63) is 33.5 Å². The summed E-state index contributed by atoms with van der Waals surface area (Å²) in [6, 6.07) is 1.63. The zero-order valence-corrected chi connectivity index (χ0v) is 16.2. The van der Waals surface area contributed by atoms with Gasteiger partial charge in [0, 0.05) is 7.05 Å². The molecule has 2 heterocycles. The first-order chi connectivity index (χ1) is 12.3. The van der Waals surface area contributed by atoms with Gasteiger partial charge in [-0.25, -0.2) is 9.59 Å². The fraction of sp³-hybridized carbons (Fsp3) is 0.412. The summed E-state index contributed by atoms with van der Waals surface area (Å²) < 4.78 is 11.5. The Bertz CT molecular complexity index is 853. The van der Waals surface area contributed by atoms with Crippen LogP contribution in [-0.2, 0) is 16.5 Å². The summed E-state index contributed by atoms with van der Waals surface area (Å²) in [5.74, 6) is -1.58. The number of aryl methyl sites for hydroxylation is 2. The molecule has 140 valence electrons. The predicted molar refractivity (Wildman–Crippen MR) is 96.9 cm³/mol. The normalized spacial score (nSPS) is 10.5. The highest BCUT2D eigenvalue weighted by Crippen LogP contribution is 2.34. The number of hydrogen-bond donors (Lipinski definition) is 1. The molecule has 0 aliphatic rings. The second kappa shape index (κ2) is 8.13. The van der Waals surface area contributed by atoms with Crippen molar-refractivity contribution in [3.8, 4) is 0 Å². The number of aromatic nitrogens is 2. The third-order valence-corrected chi connectivity index (χ3v) is 4.74. The summed E-state index contributed by atoms with van der Waals surface area (Å²) in [6.45, 7) is 7.16. The average Bonchev–Trinajstić information content (AvgIpc) is 3.07. The van der Waals surface area contributed by atoms with E-state index in [0.29, 0.717) is 17.0 Å². The minimum absolute atomic E-state index is 0.159. The summed E-state index contributed by atoms with van der Waals surface area (Å²) in [7, 11) is 1.65. The van der Waals surface area contributed by atoms with E-state index in [4.69, 9.17) is 9.47 Å². The molecule has 0 spiro atoms. The Labute approximate surface area is 155 Å². The van der Waals surface area contributed by atoms with E-state index >= 15 is 0 Å². The zero-order valence-electron chi connectivity index (χ0n) is 15.3. The minimum atomic E-state index is -0.603. The van der Waals surface area contributed by atoms with Crippen molar-refractivity contribution in [2.24, 2.45) is 7.05 Å². The van der Waals surface area contributed by atoms with Gasteiger partial charge >= 0.3 is 11.9 Å². The van der Waals surface area contributed by atoms with Crippen LogP contribution in [0.15, 0.2) is 6.07 Å². The van der Waals surface area contributed by atoms with Crippen LogP contribution in [0.2, 0.25) is 0 Å². The van der Waals surface area contributed by atoms with Crippen LogP contribution in [0.25, 0.3) is 0 Å². The van der Waals surface area contributed by atoms with Gasteiger partial charge in [0.2, 0.25) is 0 Å². The fourth-order valence-corrected chi connectivity index (χ4v) is 3.52. The second-order valence-electron chi connectivity index (χ2n) is 5.45. The van der Waals surface area contributed by atoms with Crippen molar-refractivity contribution < 1.29 is 23.9 Å². The topological polar surface area (TPSA) is 99.5 Å². The number of ether oxygens (including phenoxy) is 2. The van der Waals surface area contributed by atoms with E-state index in [1.807, 2.05) is 0 Å². The summed E-state index contributed by atoms with van der Waals surface area (Å²) in [6.07, 6.45) is 0. The van der Waals surface area contributed by atoms with Crippen LogP contribution in [0.1, 0.15) is 55.6 Å². The Morgan fingerprint density at radius 1 is 1.15 bits per heavy atom. The van der Waals surface area contributed by atoms with Gasteiger partial charge < -0.3 is 14.8 Å². The Morgan fingerprint density at radius 3 is 2.31 bits per heavy atom. The van der Waals surface area contributed by atoms with Crippen LogP contribution in [-0.4, -0.2) is 40.8 Å². The molecule has 0 aliphatic heterocycles. The maximum absolute atomic E-state index is 12.6. The lowest BCUT2D eigenvalue weighted by Crippen LogP contribution is -2.17. The van der Waals surface area contributed by atoms with E-state index in [2.05, 4.69) is 10.4 Å². The second-order valence-corrected chi connectivity index (χ2v) is 6.47. The number of carbonyl (C=O) groups is 3. The average molecular weight is 379 g/mol. The molecule has 0 fully saturated rings. The quantitative estimate of drug-likeness (QED) is 0.775. The molecule has 0 bridgehead atoms. The first-order valence-corrected chi connectivity index (χ1v) is 8.91. The fourth-order valence-electron chi connectivity index (χ4n) is 2.43. The van der Waals surface area contributed by atoms with E-state index in [1.165, 1.54) is 4.68 Å². The number of thiophene rings is 1. The van der Waals surface area contributed by atoms with E-state index in [-0.39, 0.29) is 28.7 Å². The summed E-state index contributed by atoms with van der Waals surface area (Å²) in [4.78, 5) is 37.3. The van der Waals surface area contributed by atoms with E-state index in [1.54, 1.807) is 40.8 Å². The summed E-state index contributed by atoms with van der Waals surface area (Å²) in [5, 5.41) is 7.06. The minimum Gasteiger partial charge on any atom is -0.462 e. The molecule has 9 heteroatoms. The van der Waals surface area contributed by atoms with Crippen LogP contribution in [0.3, 0.4) is 0 Å². The Morgan fingerprint density at radius 2 is 1.77 bits per heavy atom. The standard InChI is InChI=1S/C17H21N3O5S/c1-6-24-16(22)12-10(4)13(17(23)25-7-2)26-15(12)18-14(21)11-8-9(3)19-20(11)5/h8H,6-7H2,1-5H3,(H,18,21). The molecule has 8 nitrogen and oxygen atoms in total. The van der Waals surface area contributed by atoms with Gasteiger partial charge in [-0.15, -0.1) is 11.3 Å². The van der Waals surface area contributed by atoms with Gasteiger partial charge in [-0.05, 0) is 39.3 Å². The van der Waals surface area contributed by atoms with E-state index in [0.717, 1.165) is 11.3 Å². The molecule has 26 heavy (non-hydrogen) atoms. The highest BCUT2D eigenvalue weighted by Gasteiger charge is 2.28. The van der Waals surface area contributed by atoms with Gasteiger partial charge in [0.1, 0.15) is 15.6 Å². The molecule has 1 amide bonds. The predicted octanol–water partition coefficient (Wildman–Crippen LogP) is 2.70. The Hall–Kier alpha value is -2.68. The molecule has 0 saturated heterocycles. The molecule has 2 rings (SSSR count). The number of esters is 2. The van der Waals surface area contributed by atoms with Crippen molar-refractivity contribution >= 4 is 34.2 Å². The number of amides is 1. The Kier molecular flexibility index (Phi) is 6.14. The van der Waals surface area contributed by atoms with Crippen molar-refractivity contribution in [1.29, 1.82) is 0 Å². The van der Waals surface area contributed by atoms with E-state index in [9.17, 15) is 14.4 Å². The van der Waals surface area contributed by atoms with Crippen molar-refractivity contribution in [2.45, 2.75) is 27.7 Å². The Balaban J connectivity index is 2.43. The van der Waals surface area contributed by atoms with Gasteiger partial charge in [0.05, 0.1) is 24.5 Å². The number of nitrogens with one attached hydrogen (secondary N) is 1. The van der Waals surface area contributed by atoms with Crippen molar-refractivity contribution in [1.82, 2.24) is 9.78 Å². The van der Waals surface area contributed by atoms with Gasteiger partial charge in [-0.3, -0.25) is 9.48 Å². The van der Waals surface area contributed by atoms with Crippen LogP contribution in [0.5, 0.6) is 0 Å². The third-order valence-electron chi connectivity index (χ3n) is 3.55. The number of rotatable bonds is 6. The smallest absolute Gasteiger partial charge is 0.348 e. The van der Waals surface area contributed by atoms with Gasteiger partial charge in [0.25, 0.3) is 5.91 Å². The molecule has 0 aliphatic carbocycles. The van der Waals surface area contributed by atoms with Crippen LogP contribution in [0, 0.1) is 13.8 Å². The van der Waals surface area contributed by atoms with Gasteiger partial charge in [0.15, 0.2) is 0 Å². The number of carbonyl (C=O) groups excluding carboxylic acids is 3. The van der Waals surface area contributed by atoms with Crippen molar-refractivity contribution in [2.75, 3.05) is 18.5 Å². The SMILES string of the molecule is CCOC(=O)c1sc(NC(=O)c2cc(C)nn2C)c(C(=O)OCC)c1C. The molecular formula is C17H21N3O5S. The largest absolute Gasteiger partial charge is 0.462 e. The molecule has 0 atom stereocenters. The molecule has 2 aromatic heterocycles. The monoisotopic (exact) mass is 379 g/mol. The summed E-state index contributed by atoms with van der Waals surface area (Å²) in [5.41, 5.74) is 1.61. The molecule has 0 radical (unpaired) electrons. The maximum Gasteiger partial charge on any atom is 0.348 e. The van der Waals surface area contributed by atoms with Crippen LogP contribution < -0.4 is 5.32 Å². The van der Waals surface area contributed by atoms with Crippen LogP contribution in [0.4, 0.5) is 5.00 Å². The molecule has 0 unspecified atom stereocenters. The zero-order chi connectivity index (χ0) is 19.4. The van der Waals surface area contributed by atoms with Crippen LogP contribution >= 0.6 is 11.3 Å². The summed E-state index contributed by atoms with van der Waals surface area (Å²) >= 11 is 0.987.